The Hall–Kier alpha value is -2.26. The standard InChI is InChI=1S/C19H23N3O4S2/c1-12-3-5-16(26-2)14(9-12)20-10-13-4-6-17(23)22(13)7-8-27-19-21-15(11-28-19)18(24)25/h3,5,9,11,13,20H,4,6-8,10H2,1-2H3,(H,24,25)/t13-/m1/s1. The summed E-state index contributed by atoms with van der Waals surface area (Å²) in [5, 5.41) is 13.9. The number of thioether (sulfide) groups is 1. The molecule has 7 nitrogen and oxygen atoms in total. The number of aryl methyl sites for hydroxylation is 1. The number of methoxy groups -OCH3 is 1. The van der Waals surface area contributed by atoms with Gasteiger partial charge in [0.05, 0.1) is 12.8 Å². The molecule has 0 spiro atoms. The van der Waals surface area contributed by atoms with Crippen LogP contribution in [0.2, 0.25) is 0 Å². The number of nitrogens with zero attached hydrogens (tertiary/aromatic N) is 2. The Morgan fingerprint density at radius 2 is 2.32 bits per heavy atom. The maximum absolute atomic E-state index is 12.3. The summed E-state index contributed by atoms with van der Waals surface area (Å²) in [4.78, 5) is 29.2. The van der Waals surface area contributed by atoms with Crippen molar-refractivity contribution in [1.82, 2.24) is 9.88 Å². The lowest BCUT2D eigenvalue weighted by atomic mass is 10.2. The first-order chi connectivity index (χ1) is 13.5. The van der Waals surface area contributed by atoms with E-state index in [0.717, 1.165) is 23.4 Å². The van der Waals surface area contributed by atoms with E-state index in [9.17, 15) is 9.59 Å². The van der Waals surface area contributed by atoms with Crippen LogP contribution < -0.4 is 10.1 Å². The van der Waals surface area contributed by atoms with Gasteiger partial charge in [0.2, 0.25) is 5.91 Å². The van der Waals surface area contributed by atoms with Gasteiger partial charge >= 0.3 is 5.97 Å². The highest BCUT2D eigenvalue weighted by atomic mass is 32.2. The minimum atomic E-state index is -1.02. The van der Waals surface area contributed by atoms with Crippen LogP contribution in [0, 0.1) is 6.92 Å². The number of likely N-dealkylation sites (tertiary alicyclic amines) is 1. The molecule has 1 amide bonds. The van der Waals surface area contributed by atoms with E-state index in [1.54, 1.807) is 7.11 Å². The highest BCUT2D eigenvalue weighted by Crippen LogP contribution is 2.28. The fourth-order valence-corrected chi connectivity index (χ4v) is 4.96. The van der Waals surface area contributed by atoms with Crippen LogP contribution in [0.1, 0.15) is 28.9 Å². The summed E-state index contributed by atoms with van der Waals surface area (Å²) in [6.45, 7) is 3.31. The van der Waals surface area contributed by atoms with Gasteiger partial charge < -0.3 is 20.1 Å². The van der Waals surface area contributed by atoms with Crippen LogP contribution in [-0.2, 0) is 4.79 Å². The van der Waals surface area contributed by atoms with E-state index in [1.807, 2.05) is 30.0 Å². The lowest BCUT2D eigenvalue weighted by molar-refractivity contribution is -0.128. The molecule has 0 unspecified atom stereocenters. The van der Waals surface area contributed by atoms with Crippen molar-refractivity contribution in [3.8, 4) is 5.75 Å². The van der Waals surface area contributed by atoms with Crippen molar-refractivity contribution in [3.63, 3.8) is 0 Å². The molecule has 2 N–H and O–H groups in total. The number of amides is 1. The zero-order valence-electron chi connectivity index (χ0n) is 15.8. The Morgan fingerprint density at radius 1 is 1.50 bits per heavy atom. The second kappa shape index (κ2) is 9.29. The van der Waals surface area contributed by atoms with Crippen molar-refractivity contribution < 1.29 is 19.4 Å². The summed E-state index contributed by atoms with van der Waals surface area (Å²) in [5.74, 6) is 0.613. The maximum atomic E-state index is 12.3. The third-order valence-electron chi connectivity index (χ3n) is 4.60. The average Bonchev–Trinajstić information content (AvgIpc) is 3.28. The van der Waals surface area contributed by atoms with Gasteiger partial charge in [-0.05, 0) is 31.0 Å². The molecule has 1 aromatic carbocycles. The molecule has 28 heavy (non-hydrogen) atoms. The van der Waals surface area contributed by atoms with E-state index in [1.165, 1.54) is 28.5 Å². The number of ether oxygens (including phenoxy) is 1. The molecule has 0 aliphatic carbocycles. The van der Waals surface area contributed by atoms with E-state index < -0.39 is 5.97 Å². The molecule has 1 atom stereocenters. The number of thiazole rings is 1. The van der Waals surface area contributed by atoms with Gasteiger partial charge in [-0.3, -0.25) is 4.79 Å². The number of carboxylic acid groups (broad SMARTS) is 1. The van der Waals surface area contributed by atoms with Gasteiger partial charge in [0.1, 0.15) is 5.75 Å². The number of anilines is 1. The number of nitrogens with one attached hydrogen (secondary N) is 1. The van der Waals surface area contributed by atoms with Crippen molar-refractivity contribution >= 4 is 40.7 Å². The Kier molecular flexibility index (Phi) is 6.79. The summed E-state index contributed by atoms with van der Waals surface area (Å²) in [7, 11) is 1.65. The molecule has 0 bridgehead atoms. The normalized spacial score (nSPS) is 16.4. The first-order valence-corrected chi connectivity index (χ1v) is 10.8. The molecular formula is C19H23N3O4S2. The Balaban J connectivity index is 1.54. The largest absolute Gasteiger partial charge is 0.495 e. The van der Waals surface area contributed by atoms with Gasteiger partial charge in [-0.15, -0.1) is 11.3 Å². The molecule has 0 radical (unpaired) electrons. The number of aromatic carboxylic acids is 1. The number of benzene rings is 1. The smallest absolute Gasteiger partial charge is 0.355 e. The minimum Gasteiger partial charge on any atom is -0.495 e. The lowest BCUT2D eigenvalue weighted by Gasteiger charge is -2.25. The van der Waals surface area contributed by atoms with Crippen LogP contribution in [0.5, 0.6) is 5.75 Å². The topological polar surface area (TPSA) is 91.8 Å². The van der Waals surface area contributed by atoms with Gasteiger partial charge in [-0.1, -0.05) is 17.8 Å². The molecule has 150 valence electrons. The van der Waals surface area contributed by atoms with Gasteiger partial charge in [0.15, 0.2) is 10.0 Å². The first-order valence-electron chi connectivity index (χ1n) is 8.97. The van der Waals surface area contributed by atoms with Gasteiger partial charge in [-0.2, -0.15) is 0 Å². The van der Waals surface area contributed by atoms with Crippen molar-refractivity contribution in [2.24, 2.45) is 0 Å². The van der Waals surface area contributed by atoms with E-state index >= 15 is 0 Å². The van der Waals surface area contributed by atoms with Gasteiger partial charge in [0.25, 0.3) is 0 Å². The third kappa shape index (κ3) is 4.96. The second-order valence-corrected chi connectivity index (χ2v) is 8.72. The third-order valence-corrected chi connectivity index (χ3v) is 6.60. The zero-order chi connectivity index (χ0) is 20.1. The van der Waals surface area contributed by atoms with Crippen molar-refractivity contribution in [1.29, 1.82) is 0 Å². The number of aromatic nitrogens is 1. The number of carbonyl (C=O) groups excluding carboxylic acids is 1. The van der Waals surface area contributed by atoms with E-state index in [2.05, 4.69) is 10.3 Å². The van der Waals surface area contributed by atoms with Crippen LogP contribution in [0.4, 0.5) is 5.69 Å². The molecular weight excluding hydrogens is 398 g/mol. The quantitative estimate of drug-likeness (QED) is 0.600. The zero-order valence-corrected chi connectivity index (χ0v) is 17.4. The Labute approximate surface area is 172 Å². The molecule has 1 aliphatic rings. The lowest BCUT2D eigenvalue weighted by Crippen LogP contribution is -2.39. The van der Waals surface area contributed by atoms with Crippen LogP contribution in [0.3, 0.4) is 0 Å². The molecule has 1 aromatic heterocycles. The fraction of sp³-hybridized carbons (Fsp3) is 0.421. The summed E-state index contributed by atoms with van der Waals surface area (Å²) >= 11 is 2.80. The molecule has 1 aliphatic heterocycles. The Bertz CT molecular complexity index is 855. The van der Waals surface area contributed by atoms with Gasteiger partial charge in [-0.25, -0.2) is 9.78 Å². The number of hydrogen-bond acceptors (Lipinski definition) is 7. The second-order valence-electron chi connectivity index (χ2n) is 6.52. The van der Waals surface area contributed by atoms with Crippen molar-refractivity contribution in [3.05, 3.63) is 34.8 Å². The highest BCUT2D eigenvalue weighted by molar-refractivity contribution is 8.01. The Morgan fingerprint density at radius 3 is 3.04 bits per heavy atom. The summed E-state index contributed by atoms with van der Waals surface area (Å²) in [6.07, 6.45) is 1.38. The first kappa shape index (κ1) is 20.5. The van der Waals surface area contributed by atoms with Crippen LogP contribution in [0.25, 0.3) is 0 Å². The minimum absolute atomic E-state index is 0.0685. The summed E-state index contributed by atoms with van der Waals surface area (Å²) < 4.78 is 6.11. The van der Waals surface area contributed by atoms with E-state index in [-0.39, 0.29) is 17.6 Å². The number of rotatable bonds is 9. The summed E-state index contributed by atoms with van der Waals surface area (Å²) in [5.41, 5.74) is 2.14. The molecule has 1 saturated heterocycles. The number of carbonyl (C=O) groups is 2. The predicted octanol–water partition coefficient (Wildman–Crippen LogP) is 3.35. The average molecular weight is 422 g/mol. The maximum Gasteiger partial charge on any atom is 0.355 e. The molecule has 9 heteroatoms. The number of carboxylic acids is 1. The monoisotopic (exact) mass is 421 g/mol. The highest BCUT2D eigenvalue weighted by Gasteiger charge is 2.30. The van der Waals surface area contributed by atoms with E-state index in [4.69, 9.17) is 9.84 Å². The van der Waals surface area contributed by atoms with Crippen molar-refractivity contribution in [2.45, 2.75) is 30.1 Å². The van der Waals surface area contributed by atoms with Crippen LogP contribution >= 0.6 is 23.1 Å². The molecule has 1 fully saturated rings. The van der Waals surface area contributed by atoms with Crippen LogP contribution in [-0.4, -0.2) is 58.9 Å². The van der Waals surface area contributed by atoms with Gasteiger partial charge in [0, 0.05) is 36.7 Å². The van der Waals surface area contributed by atoms with E-state index in [0.29, 0.717) is 29.6 Å². The SMILES string of the molecule is COc1ccc(C)cc1NC[C@H]1CCC(=O)N1CCSc1nc(C(=O)O)cs1. The number of hydrogen-bond donors (Lipinski definition) is 2. The molecule has 2 aromatic rings. The molecule has 3 rings (SSSR count). The van der Waals surface area contributed by atoms with Crippen LogP contribution in [0.15, 0.2) is 27.9 Å². The predicted molar refractivity (Wildman–Crippen MR) is 111 cm³/mol. The molecule has 0 saturated carbocycles. The van der Waals surface area contributed by atoms with Crippen molar-refractivity contribution in [2.75, 3.05) is 31.3 Å². The molecule has 2 heterocycles. The summed E-state index contributed by atoms with van der Waals surface area (Å²) in [6, 6.07) is 6.11. The fourth-order valence-electron chi connectivity index (χ4n) is 3.15.